The number of aliphatic hydroxyl groups excluding tert-OH is 1. The Morgan fingerprint density at radius 3 is 2.26 bits per heavy atom. The second-order valence-electron chi connectivity index (χ2n) is 8.10. The van der Waals surface area contributed by atoms with Gasteiger partial charge in [0, 0.05) is 7.11 Å². The zero-order valence-electron chi connectivity index (χ0n) is 15.9. The van der Waals surface area contributed by atoms with E-state index in [-0.39, 0.29) is 23.9 Å². The largest absolute Gasteiger partial charge is 0.408 e. The predicted molar refractivity (Wildman–Crippen MR) is 94.0 cm³/mol. The molecule has 1 rings (SSSR count). The Morgan fingerprint density at radius 1 is 1.30 bits per heavy atom. The third kappa shape index (κ3) is 4.87. The van der Waals surface area contributed by atoms with Gasteiger partial charge in [0.15, 0.2) is 14.1 Å². The van der Waals surface area contributed by atoms with E-state index in [1.165, 1.54) is 0 Å². The first-order valence-electron chi connectivity index (χ1n) is 8.18. The second kappa shape index (κ2) is 7.33. The van der Waals surface area contributed by atoms with Gasteiger partial charge in [0.25, 0.3) is 0 Å². The standard InChI is InChI=1S/C17H34O5Si/c1-10-12-14(21-17(5,6)20-12)15(13(11-18)19-7)22-23(8,9)16(2,3)4/h10,12-15,18H,1,11H2,2-9H3/t12-,13+,14+,15+/m1/s1. The molecule has 1 saturated heterocycles. The van der Waals surface area contributed by atoms with E-state index >= 15 is 0 Å². The summed E-state index contributed by atoms with van der Waals surface area (Å²) in [6, 6.07) is 0. The minimum Gasteiger partial charge on any atom is -0.408 e. The molecule has 1 heterocycles. The van der Waals surface area contributed by atoms with Crippen molar-refractivity contribution in [2.45, 2.75) is 83.0 Å². The van der Waals surface area contributed by atoms with Crippen LogP contribution in [-0.2, 0) is 18.6 Å². The maximum Gasteiger partial charge on any atom is 0.192 e. The van der Waals surface area contributed by atoms with Crippen molar-refractivity contribution in [2.24, 2.45) is 0 Å². The Hall–Kier alpha value is -0.243. The van der Waals surface area contributed by atoms with Crippen LogP contribution in [0.5, 0.6) is 0 Å². The summed E-state index contributed by atoms with van der Waals surface area (Å²) in [7, 11) is -0.504. The van der Waals surface area contributed by atoms with Gasteiger partial charge in [-0.05, 0) is 32.0 Å². The third-order valence-corrected chi connectivity index (χ3v) is 9.28. The van der Waals surface area contributed by atoms with Crippen LogP contribution in [0.15, 0.2) is 12.7 Å². The molecule has 0 aromatic heterocycles. The average molecular weight is 347 g/mol. The first-order chi connectivity index (χ1) is 10.4. The topological polar surface area (TPSA) is 57.2 Å². The van der Waals surface area contributed by atoms with E-state index < -0.39 is 26.3 Å². The fraction of sp³-hybridized carbons (Fsp3) is 0.882. The summed E-state index contributed by atoms with van der Waals surface area (Å²) in [5.41, 5.74) is 0. The van der Waals surface area contributed by atoms with Crippen molar-refractivity contribution in [1.82, 2.24) is 0 Å². The number of ether oxygens (including phenoxy) is 3. The first kappa shape index (κ1) is 20.8. The molecule has 136 valence electrons. The predicted octanol–water partition coefficient (Wildman–Crippen LogP) is 3.09. The van der Waals surface area contributed by atoms with E-state index in [1.54, 1.807) is 13.2 Å². The van der Waals surface area contributed by atoms with Crippen molar-refractivity contribution in [3.05, 3.63) is 12.7 Å². The quantitative estimate of drug-likeness (QED) is 0.567. The lowest BCUT2D eigenvalue weighted by Gasteiger charge is -2.42. The maximum atomic E-state index is 9.73. The number of hydrogen-bond acceptors (Lipinski definition) is 5. The summed E-state index contributed by atoms with van der Waals surface area (Å²) < 4.78 is 24.0. The highest BCUT2D eigenvalue weighted by Gasteiger charge is 2.50. The molecule has 0 radical (unpaired) electrons. The minimum atomic E-state index is -2.08. The van der Waals surface area contributed by atoms with E-state index in [9.17, 15) is 5.11 Å². The highest BCUT2D eigenvalue weighted by atomic mass is 28.4. The molecule has 1 N–H and O–H groups in total. The van der Waals surface area contributed by atoms with Crippen LogP contribution in [0.1, 0.15) is 34.6 Å². The van der Waals surface area contributed by atoms with E-state index in [0.29, 0.717) is 0 Å². The highest BCUT2D eigenvalue weighted by Crippen LogP contribution is 2.40. The van der Waals surface area contributed by atoms with Gasteiger partial charge in [-0.1, -0.05) is 26.8 Å². The Balaban J connectivity index is 3.13. The van der Waals surface area contributed by atoms with Crippen molar-refractivity contribution in [3.8, 4) is 0 Å². The molecule has 6 heteroatoms. The molecule has 1 aliphatic heterocycles. The van der Waals surface area contributed by atoms with Crippen molar-refractivity contribution >= 4 is 8.32 Å². The number of methoxy groups -OCH3 is 1. The Kier molecular flexibility index (Phi) is 6.63. The maximum absolute atomic E-state index is 9.73. The number of hydrogen-bond donors (Lipinski definition) is 1. The lowest BCUT2D eigenvalue weighted by molar-refractivity contribution is -0.164. The summed E-state index contributed by atoms with van der Waals surface area (Å²) in [5, 5.41) is 9.77. The average Bonchev–Trinajstić information content (AvgIpc) is 2.72. The van der Waals surface area contributed by atoms with Crippen LogP contribution >= 0.6 is 0 Å². The molecule has 0 aromatic rings. The molecular weight excluding hydrogens is 312 g/mol. The normalized spacial score (nSPS) is 27.7. The van der Waals surface area contributed by atoms with Gasteiger partial charge in [-0.3, -0.25) is 0 Å². The van der Waals surface area contributed by atoms with Crippen LogP contribution in [-0.4, -0.2) is 57.3 Å². The zero-order chi connectivity index (χ0) is 18.1. The lowest BCUT2D eigenvalue weighted by atomic mass is 10.0. The molecule has 0 amide bonds. The smallest absolute Gasteiger partial charge is 0.192 e. The van der Waals surface area contributed by atoms with Gasteiger partial charge in [-0.15, -0.1) is 6.58 Å². The van der Waals surface area contributed by atoms with Crippen LogP contribution in [0, 0.1) is 0 Å². The lowest BCUT2D eigenvalue weighted by Crippen LogP contribution is -2.54. The van der Waals surface area contributed by atoms with Crippen LogP contribution in [0.3, 0.4) is 0 Å². The zero-order valence-corrected chi connectivity index (χ0v) is 16.9. The molecule has 0 aliphatic carbocycles. The van der Waals surface area contributed by atoms with Crippen LogP contribution in [0.4, 0.5) is 0 Å². The second-order valence-corrected chi connectivity index (χ2v) is 12.9. The van der Waals surface area contributed by atoms with Crippen LogP contribution < -0.4 is 0 Å². The summed E-state index contributed by atoms with van der Waals surface area (Å²) in [4.78, 5) is 0. The van der Waals surface area contributed by atoms with Crippen molar-refractivity contribution in [3.63, 3.8) is 0 Å². The van der Waals surface area contributed by atoms with Crippen LogP contribution in [0.25, 0.3) is 0 Å². The summed E-state index contributed by atoms with van der Waals surface area (Å²) in [6.45, 7) is 18.3. The fourth-order valence-corrected chi connectivity index (χ4v) is 3.76. The third-order valence-electron chi connectivity index (χ3n) is 4.81. The Morgan fingerprint density at radius 2 is 1.87 bits per heavy atom. The van der Waals surface area contributed by atoms with Gasteiger partial charge < -0.3 is 23.7 Å². The Bertz CT molecular complexity index is 398. The van der Waals surface area contributed by atoms with E-state index in [2.05, 4.69) is 40.4 Å². The molecule has 0 spiro atoms. The molecule has 4 atom stereocenters. The molecule has 0 unspecified atom stereocenters. The van der Waals surface area contributed by atoms with Gasteiger partial charge in [-0.2, -0.15) is 0 Å². The minimum absolute atomic E-state index is 0.0393. The fourth-order valence-electron chi connectivity index (χ4n) is 2.44. The molecule has 0 bridgehead atoms. The SMILES string of the molecule is C=C[C@H]1OC(C)(C)O[C@@H]1[C@@H](O[Si](C)(C)C(C)(C)C)[C@H](CO)OC. The highest BCUT2D eigenvalue weighted by molar-refractivity contribution is 6.74. The van der Waals surface area contributed by atoms with E-state index in [1.807, 2.05) is 13.8 Å². The number of rotatable bonds is 7. The molecule has 23 heavy (non-hydrogen) atoms. The van der Waals surface area contributed by atoms with Gasteiger partial charge >= 0.3 is 0 Å². The van der Waals surface area contributed by atoms with E-state index in [4.69, 9.17) is 18.6 Å². The Labute approximate surface area is 142 Å². The molecular formula is C17H34O5Si. The van der Waals surface area contributed by atoms with Crippen LogP contribution in [0.2, 0.25) is 18.1 Å². The molecule has 5 nitrogen and oxygen atoms in total. The number of aliphatic hydroxyl groups is 1. The van der Waals surface area contributed by atoms with Crippen molar-refractivity contribution in [2.75, 3.05) is 13.7 Å². The van der Waals surface area contributed by atoms with Gasteiger partial charge in [-0.25, -0.2) is 0 Å². The summed E-state index contributed by atoms with van der Waals surface area (Å²) in [6.07, 6.45) is 0.161. The van der Waals surface area contributed by atoms with E-state index in [0.717, 1.165) is 0 Å². The molecule has 0 aromatic carbocycles. The monoisotopic (exact) mass is 346 g/mol. The van der Waals surface area contributed by atoms with Gasteiger partial charge in [0.05, 0.1) is 6.61 Å². The molecule has 0 saturated carbocycles. The van der Waals surface area contributed by atoms with Crippen molar-refractivity contribution < 1.29 is 23.7 Å². The summed E-state index contributed by atoms with van der Waals surface area (Å²) in [5.74, 6) is -0.716. The molecule has 1 aliphatic rings. The summed E-state index contributed by atoms with van der Waals surface area (Å²) >= 11 is 0. The van der Waals surface area contributed by atoms with Gasteiger partial charge in [0.1, 0.15) is 24.4 Å². The molecule has 1 fully saturated rings. The van der Waals surface area contributed by atoms with Gasteiger partial charge in [0.2, 0.25) is 0 Å². The first-order valence-corrected chi connectivity index (χ1v) is 11.1. The van der Waals surface area contributed by atoms with Crippen molar-refractivity contribution in [1.29, 1.82) is 0 Å².